The summed E-state index contributed by atoms with van der Waals surface area (Å²) < 4.78 is 45.2. The molecule has 1 aromatic carbocycles. The molecule has 2 rings (SSSR count). The van der Waals surface area contributed by atoms with Gasteiger partial charge < -0.3 is 9.30 Å². The number of nitrogens with zero attached hydrogens (tertiary/aromatic N) is 2. The Morgan fingerprint density at radius 3 is 2.42 bits per heavy atom. The molecule has 0 aliphatic carbocycles. The Bertz CT molecular complexity index is 693. The first kappa shape index (κ1) is 13.3. The van der Waals surface area contributed by atoms with Crippen LogP contribution in [0.15, 0.2) is 12.1 Å². The van der Waals surface area contributed by atoms with E-state index in [1.807, 2.05) is 0 Å². The van der Waals surface area contributed by atoms with E-state index in [2.05, 4.69) is 0 Å². The number of benzene rings is 1. The van der Waals surface area contributed by atoms with Gasteiger partial charge >= 0.3 is 6.18 Å². The number of methoxy groups -OCH3 is 1. The highest BCUT2D eigenvalue weighted by atomic mass is 19.4. The van der Waals surface area contributed by atoms with Crippen LogP contribution in [-0.2, 0) is 13.2 Å². The molecule has 0 atom stereocenters. The molecule has 0 fully saturated rings. The van der Waals surface area contributed by atoms with Crippen molar-refractivity contribution in [2.24, 2.45) is 7.05 Å². The van der Waals surface area contributed by atoms with Gasteiger partial charge in [0.2, 0.25) is 0 Å². The Morgan fingerprint density at radius 1 is 1.32 bits per heavy atom. The van der Waals surface area contributed by atoms with Crippen molar-refractivity contribution in [2.45, 2.75) is 13.1 Å². The molecule has 1 aromatic heterocycles. The zero-order chi connectivity index (χ0) is 14.4. The molecule has 0 radical (unpaired) electrons. The molecular weight excluding hydrogens is 257 g/mol. The van der Waals surface area contributed by atoms with Crippen molar-refractivity contribution in [3.05, 3.63) is 29.0 Å². The van der Waals surface area contributed by atoms with Gasteiger partial charge in [-0.2, -0.15) is 18.4 Å². The summed E-state index contributed by atoms with van der Waals surface area (Å²) in [6.07, 6.45) is -4.57. The zero-order valence-electron chi connectivity index (χ0n) is 10.6. The van der Waals surface area contributed by atoms with Gasteiger partial charge in [-0.05, 0) is 24.6 Å². The van der Waals surface area contributed by atoms with Gasteiger partial charge in [-0.15, -0.1) is 0 Å². The van der Waals surface area contributed by atoms with Crippen molar-refractivity contribution >= 4 is 10.9 Å². The number of aryl methyl sites for hydroxylation is 2. The molecule has 6 heteroatoms. The second-order valence-corrected chi connectivity index (χ2v) is 4.23. The maximum atomic E-state index is 13.0. The third-order valence-electron chi connectivity index (χ3n) is 3.07. The summed E-state index contributed by atoms with van der Waals surface area (Å²) in [6, 6.07) is 4.75. The molecule has 0 amide bonds. The summed E-state index contributed by atoms with van der Waals surface area (Å²) in [5.74, 6) is 0.431. The average Bonchev–Trinajstić information content (AvgIpc) is 2.61. The molecule has 0 bridgehead atoms. The van der Waals surface area contributed by atoms with Crippen LogP contribution in [-0.4, -0.2) is 11.7 Å². The molecule has 0 unspecified atom stereocenters. The minimum atomic E-state index is -4.57. The molecular formula is C13H11F3N2O. The average molecular weight is 268 g/mol. The van der Waals surface area contributed by atoms with Crippen LogP contribution >= 0.6 is 0 Å². The highest BCUT2D eigenvalue weighted by Gasteiger charge is 2.39. The molecule has 0 N–H and O–H groups in total. The van der Waals surface area contributed by atoms with Crippen molar-refractivity contribution in [1.82, 2.24) is 4.57 Å². The highest BCUT2D eigenvalue weighted by Crippen LogP contribution is 2.39. The summed E-state index contributed by atoms with van der Waals surface area (Å²) >= 11 is 0. The van der Waals surface area contributed by atoms with E-state index in [-0.39, 0.29) is 10.9 Å². The van der Waals surface area contributed by atoms with Crippen LogP contribution in [0.1, 0.15) is 16.8 Å². The molecule has 19 heavy (non-hydrogen) atoms. The number of ether oxygens (including phenoxy) is 1. The number of alkyl halides is 3. The van der Waals surface area contributed by atoms with E-state index < -0.39 is 11.9 Å². The summed E-state index contributed by atoms with van der Waals surface area (Å²) in [6.45, 7) is 1.69. The first-order chi connectivity index (χ1) is 8.81. The van der Waals surface area contributed by atoms with E-state index in [4.69, 9.17) is 10.00 Å². The van der Waals surface area contributed by atoms with Crippen molar-refractivity contribution in [3.8, 4) is 11.8 Å². The minimum absolute atomic E-state index is 0.258. The fourth-order valence-corrected chi connectivity index (χ4v) is 2.35. The largest absolute Gasteiger partial charge is 0.497 e. The van der Waals surface area contributed by atoms with Crippen LogP contribution in [0, 0.1) is 18.3 Å². The summed E-state index contributed by atoms with van der Waals surface area (Å²) in [4.78, 5) is 0. The normalized spacial score (nSPS) is 11.6. The molecule has 2 aromatic rings. The molecule has 0 aliphatic rings. The molecule has 1 heterocycles. The Balaban J connectivity index is 2.99. The van der Waals surface area contributed by atoms with Crippen molar-refractivity contribution < 1.29 is 17.9 Å². The van der Waals surface area contributed by atoms with Crippen LogP contribution in [0.3, 0.4) is 0 Å². The second kappa shape index (κ2) is 4.19. The highest BCUT2D eigenvalue weighted by molar-refractivity contribution is 5.91. The van der Waals surface area contributed by atoms with Gasteiger partial charge in [0.05, 0.1) is 18.2 Å². The van der Waals surface area contributed by atoms with Crippen LogP contribution in [0.5, 0.6) is 5.75 Å². The second-order valence-electron chi connectivity index (χ2n) is 4.23. The Labute approximate surface area is 107 Å². The van der Waals surface area contributed by atoms with Crippen molar-refractivity contribution in [2.75, 3.05) is 7.11 Å². The van der Waals surface area contributed by atoms with E-state index in [1.165, 1.54) is 20.2 Å². The minimum Gasteiger partial charge on any atom is -0.497 e. The lowest BCUT2D eigenvalue weighted by Crippen LogP contribution is -2.12. The van der Waals surface area contributed by atoms with E-state index >= 15 is 0 Å². The lowest BCUT2D eigenvalue weighted by molar-refractivity contribution is -0.143. The molecule has 100 valence electrons. The van der Waals surface area contributed by atoms with E-state index in [0.29, 0.717) is 16.8 Å². The smallest absolute Gasteiger partial charge is 0.432 e. The molecule has 0 saturated heterocycles. The van der Waals surface area contributed by atoms with Gasteiger partial charge in [-0.25, -0.2) is 0 Å². The maximum absolute atomic E-state index is 13.0. The Kier molecular flexibility index (Phi) is 2.93. The topological polar surface area (TPSA) is 37.9 Å². The fraction of sp³-hybridized carbons (Fsp3) is 0.308. The zero-order valence-corrected chi connectivity index (χ0v) is 10.6. The number of halogens is 3. The lowest BCUT2D eigenvalue weighted by atomic mass is 10.1. The van der Waals surface area contributed by atoms with Crippen molar-refractivity contribution in [3.63, 3.8) is 0 Å². The summed E-state index contributed by atoms with van der Waals surface area (Å²) in [7, 11) is 2.74. The fourth-order valence-electron chi connectivity index (χ4n) is 2.35. The van der Waals surface area contributed by atoms with Crippen molar-refractivity contribution in [1.29, 1.82) is 5.26 Å². The predicted octanol–water partition coefficient (Wildman–Crippen LogP) is 3.39. The number of rotatable bonds is 1. The number of aromatic nitrogens is 1. The van der Waals surface area contributed by atoms with Gasteiger partial charge in [-0.3, -0.25) is 0 Å². The first-order valence-corrected chi connectivity index (χ1v) is 5.45. The third kappa shape index (κ3) is 1.91. The lowest BCUT2D eigenvalue weighted by Gasteiger charge is -2.09. The van der Waals surface area contributed by atoms with E-state index in [1.54, 1.807) is 19.1 Å². The number of nitriles is 1. The number of hydrogen-bond acceptors (Lipinski definition) is 2. The first-order valence-electron chi connectivity index (χ1n) is 5.45. The third-order valence-corrected chi connectivity index (χ3v) is 3.07. The molecule has 0 saturated carbocycles. The maximum Gasteiger partial charge on any atom is 0.432 e. The standard InChI is InChI=1S/C13H11F3N2O/c1-7-4-8(19-3)5-9-10(6-17)12(13(14,15)16)18(2)11(7)9/h4-5H,1-3H3. The predicted molar refractivity (Wildman–Crippen MR) is 63.9 cm³/mol. The molecule has 0 spiro atoms. The quantitative estimate of drug-likeness (QED) is 0.795. The van der Waals surface area contributed by atoms with Gasteiger partial charge in [-0.1, -0.05) is 0 Å². The molecule has 3 nitrogen and oxygen atoms in total. The van der Waals surface area contributed by atoms with Gasteiger partial charge in [0.25, 0.3) is 0 Å². The summed E-state index contributed by atoms with van der Waals surface area (Å²) in [5, 5.41) is 9.30. The monoisotopic (exact) mass is 268 g/mol. The van der Waals surface area contributed by atoms with Crippen LogP contribution < -0.4 is 4.74 Å². The van der Waals surface area contributed by atoms with E-state index in [9.17, 15) is 13.2 Å². The van der Waals surface area contributed by atoms with E-state index in [0.717, 1.165) is 4.57 Å². The Hall–Kier alpha value is -2.16. The van der Waals surface area contributed by atoms with Gasteiger partial charge in [0.1, 0.15) is 17.5 Å². The number of hydrogen-bond donors (Lipinski definition) is 0. The SMILES string of the molecule is COc1cc(C)c2c(c1)c(C#N)c(C(F)(F)F)n2C. The number of fused-ring (bicyclic) bond motifs is 1. The van der Waals surface area contributed by atoms with Crippen LogP contribution in [0.2, 0.25) is 0 Å². The Morgan fingerprint density at radius 2 is 1.95 bits per heavy atom. The molecule has 0 aliphatic heterocycles. The summed E-state index contributed by atoms with van der Waals surface area (Å²) in [5.41, 5.74) is -0.276. The van der Waals surface area contributed by atoms with Crippen LogP contribution in [0.4, 0.5) is 13.2 Å². The van der Waals surface area contributed by atoms with Gasteiger partial charge in [0.15, 0.2) is 0 Å². The van der Waals surface area contributed by atoms with Crippen LogP contribution in [0.25, 0.3) is 10.9 Å². The van der Waals surface area contributed by atoms with Gasteiger partial charge in [0, 0.05) is 12.4 Å².